The highest BCUT2D eigenvalue weighted by atomic mass is 127. The van der Waals surface area contributed by atoms with E-state index >= 15 is 0 Å². The molecule has 0 bridgehead atoms. The minimum absolute atomic E-state index is 0. The molecule has 0 saturated carbocycles. The van der Waals surface area contributed by atoms with Crippen LogP contribution < -0.4 is 15.4 Å². The first kappa shape index (κ1) is 27.8. The summed E-state index contributed by atoms with van der Waals surface area (Å²) < 4.78 is 67.2. The van der Waals surface area contributed by atoms with E-state index in [9.17, 15) is 21.6 Å². The molecule has 1 aromatic carbocycles. The van der Waals surface area contributed by atoms with Gasteiger partial charge in [0.2, 0.25) is 0 Å². The number of hydrogen-bond acceptors (Lipinski definition) is 4. The lowest BCUT2D eigenvalue weighted by molar-refractivity contribution is -0.137. The van der Waals surface area contributed by atoms with E-state index in [1.165, 1.54) is 12.1 Å². The number of hydrogen-bond donors (Lipinski definition) is 2. The molecule has 0 radical (unpaired) electrons. The van der Waals surface area contributed by atoms with E-state index in [1.807, 2.05) is 13.8 Å². The molecule has 1 unspecified atom stereocenters. The second kappa shape index (κ2) is 13.1. The van der Waals surface area contributed by atoms with Gasteiger partial charge < -0.3 is 15.4 Å². The van der Waals surface area contributed by atoms with Crippen LogP contribution in [0.2, 0.25) is 0 Å². The number of guanidine groups is 1. The predicted molar refractivity (Wildman–Crippen MR) is 120 cm³/mol. The largest absolute Gasteiger partial charge is 0.488 e. The molecule has 1 atom stereocenters. The van der Waals surface area contributed by atoms with E-state index in [2.05, 4.69) is 15.6 Å². The van der Waals surface area contributed by atoms with Crippen molar-refractivity contribution in [3.05, 3.63) is 29.8 Å². The number of ether oxygens (including phenoxy) is 1. The van der Waals surface area contributed by atoms with Gasteiger partial charge in [0.1, 0.15) is 11.9 Å². The first-order valence-electron chi connectivity index (χ1n) is 9.17. The maximum Gasteiger partial charge on any atom is 0.416 e. The summed E-state index contributed by atoms with van der Waals surface area (Å²) >= 11 is 0. The number of aliphatic imine (C=N–C) groups is 1. The molecule has 0 aromatic heterocycles. The van der Waals surface area contributed by atoms with Crippen molar-refractivity contribution in [1.82, 2.24) is 10.6 Å². The number of nitrogens with zero attached hydrogens (tertiary/aromatic N) is 1. The highest BCUT2D eigenvalue weighted by Crippen LogP contribution is 2.31. The van der Waals surface area contributed by atoms with Crippen LogP contribution in [0.25, 0.3) is 0 Å². The maximum absolute atomic E-state index is 12.8. The van der Waals surface area contributed by atoms with E-state index in [0.29, 0.717) is 18.9 Å². The van der Waals surface area contributed by atoms with Crippen LogP contribution in [0.15, 0.2) is 29.3 Å². The molecule has 6 nitrogen and oxygen atoms in total. The summed E-state index contributed by atoms with van der Waals surface area (Å²) in [6.07, 6.45) is -4.30. The molecule has 0 aliphatic rings. The summed E-state index contributed by atoms with van der Waals surface area (Å²) in [4.78, 5) is 4.35. The lowest BCUT2D eigenvalue weighted by atomic mass is 10.2. The standard InChI is InChI=1S/C18H28F3N3O3S.HI/c1-4-15(27-16-9-7-8-14(12-16)18(19,20)21)13-24-17(22-5-2)23-10-11-28(25,26)6-3;/h7-9,12,15H,4-6,10-11,13H2,1-3H3,(H2,22,23,24);1H. The topological polar surface area (TPSA) is 79.8 Å². The van der Waals surface area contributed by atoms with Gasteiger partial charge in [-0.3, -0.25) is 0 Å². The summed E-state index contributed by atoms with van der Waals surface area (Å²) in [5.41, 5.74) is -0.768. The van der Waals surface area contributed by atoms with Gasteiger partial charge in [-0.25, -0.2) is 13.4 Å². The zero-order valence-electron chi connectivity index (χ0n) is 16.8. The third-order valence-corrected chi connectivity index (χ3v) is 5.57. The molecule has 0 amide bonds. The molecule has 0 spiro atoms. The maximum atomic E-state index is 12.8. The van der Waals surface area contributed by atoms with E-state index in [0.717, 1.165) is 12.1 Å². The van der Waals surface area contributed by atoms with Gasteiger partial charge in [-0.15, -0.1) is 24.0 Å². The summed E-state index contributed by atoms with van der Waals surface area (Å²) in [5.74, 6) is 0.625. The van der Waals surface area contributed by atoms with Gasteiger partial charge in [0, 0.05) is 18.8 Å². The Labute approximate surface area is 187 Å². The molecule has 0 heterocycles. The van der Waals surface area contributed by atoms with Crippen molar-refractivity contribution in [3.63, 3.8) is 0 Å². The molecule has 0 fully saturated rings. The third kappa shape index (κ3) is 10.9. The molecular weight excluding hydrogens is 522 g/mol. The Bertz CT molecular complexity index is 743. The van der Waals surface area contributed by atoms with Crippen LogP contribution in [-0.2, 0) is 16.0 Å². The zero-order valence-corrected chi connectivity index (χ0v) is 19.9. The van der Waals surface area contributed by atoms with Crippen molar-refractivity contribution in [2.45, 2.75) is 39.5 Å². The molecule has 2 N–H and O–H groups in total. The van der Waals surface area contributed by atoms with E-state index in [4.69, 9.17) is 4.74 Å². The summed E-state index contributed by atoms with van der Waals surface area (Å²) in [6.45, 7) is 6.32. The fraction of sp³-hybridized carbons (Fsp3) is 0.611. The van der Waals surface area contributed by atoms with Crippen LogP contribution in [0.1, 0.15) is 32.8 Å². The minimum atomic E-state index is -4.43. The van der Waals surface area contributed by atoms with Crippen molar-refractivity contribution in [3.8, 4) is 5.75 Å². The Balaban J connectivity index is 0.00000784. The Morgan fingerprint density at radius 3 is 2.45 bits per heavy atom. The van der Waals surface area contributed by atoms with Gasteiger partial charge in [0.25, 0.3) is 0 Å². The normalized spacial score (nSPS) is 13.4. The molecule has 1 aromatic rings. The molecule has 0 aliphatic heterocycles. The number of rotatable bonds is 10. The van der Waals surface area contributed by atoms with Crippen molar-refractivity contribution in [1.29, 1.82) is 0 Å². The lowest BCUT2D eigenvalue weighted by Gasteiger charge is -2.18. The van der Waals surface area contributed by atoms with Crippen LogP contribution >= 0.6 is 24.0 Å². The van der Waals surface area contributed by atoms with Crippen LogP contribution in [0.4, 0.5) is 13.2 Å². The van der Waals surface area contributed by atoms with Crippen LogP contribution in [0, 0.1) is 0 Å². The van der Waals surface area contributed by atoms with Gasteiger partial charge in [0.15, 0.2) is 15.8 Å². The molecule has 0 saturated heterocycles. The van der Waals surface area contributed by atoms with Gasteiger partial charge in [0.05, 0.1) is 17.9 Å². The Morgan fingerprint density at radius 1 is 1.21 bits per heavy atom. The average molecular weight is 551 g/mol. The molecule has 168 valence electrons. The molecule has 11 heteroatoms. The second-order valence-corrected chi connectivity index (χ2v) is 8.53. The average Bonchev–Trinajstić information content (AvgIpc) is 2.64. The summed E-state index contributed by atoms with van der Waals surface area (Å²) in [6, 6.07) is 4.73. The summed E-state index contributed by atoms with van der Waals surface area (Å²) in [7, 11) is -3.08. The number of alkyl halides is 3. The van der Waals surface area contributed by atoms with E-state index < -0.39 is 27.7 Å². The zero-order chi connectivity index (χ0) is 21.2. The highest BCUT2D eigenvalue weighted by molar-refractivity contribution is 14.0. The monoisotopic (exact) mass is 551 g/mol. The first-order chi connectivity index (χ1) is 13.1. The highest BCUT2D eigenvalue weighted by Gasteiger charge is 2.30. The Kier molecular flexibility index (Phi) is 12.6. The third-order valence-electron chi connectivity index (χ3n) is 3.86. The summed E-state index contributed by atoms with van der Waals surface area (Å²) in [5, 5.41) is 5.94. The molecule has 0 aliphatic carbocycles. The van der Waals surface area contributed by atoms with E-state index in [-0.39, 0.29) is 54.3 Å². The Morgan fingerprint density at radius 2 is 1.90 bits per heavy atom. The predicted octanol–water partition coefficient (Wildman–Crippen LogP) is 3.47. The SMILES string of the molecule is CCNC(=NCC(CC)Oc1cccc(C(F)(F)F)c1)NCCS(=O)(=O)CC.I. The number of sulfone groups is 1. The van der Waals surface area contributed by atoms with Crippen molar-refractivity contribution in [2.24, 2.45) is 4.99 Å². The van der Waals surface area contributed by atoms with Crippen molar-refractivity contribution >= 4 is 39.8 Å². The smallest absolute Gasteiger partial charge is 0.416 e. The lowest BCUT2D eigenvalue weighted by Crippen LogP contribution is -2.40. The van der Waals surface area contributed by atoms with Gasteiger partial charge >= 0.3 is 6.18 Å². The van der Waals surface area contributed by atoms with Crippen molar-refractivity contribution < 1.29 is 26.3 Å². The number of halogens is 4. The van der Waals surface area contributed by atoms with E-state index in [1.54, 1.807) is 6.92 Å². The van der Waals surface area contributed by atoms with Gasteiger partial charge in [-0.2, -0.15) is 13.2 Å². The quantitative estimate of drug-likeness (QED) is 0.265. The number of nitrogens with one attached hydrogen (secondary N) is 2. The van der Waals surface area contributed by atoms with Crippen LogP contribution in [0.5, 0.6) is 5.75 Å². The fourth-order valence-corrected chi connectivity index (χ4v) is 2.89. The van der Waals surface area contributed by atoms with Gasteiger partial charge in [-0.05, 0) is 31.5 Å². The van der Waals surface area contributed by atoms with Crippen LogP contribution in [-0.4, -0.2) is 51.6 Å². The minimum Gasteiger partial charge on any atom is -0.488 e. The second-order valence-electron chi connectivity index (χ2n) is 6.06. The van der Waals surface area contributed by atoms with Gasteiger partial charge in [-0.1, -0.05) is 19.9 Å². The molecule has 29 heavy (non-hydrogen) atoms. The fourth-order valence-electron chi connectivity index (χ4n) is 2.19. The molecule has 1 rings (SSSR count). The van der Waals surface area contributed by atoms with Crippen molar-refractivity contribution in [2.75, 3.05) is 31.1 Å². The Hall–Kier alpha value is -1.24. The van der Waals surface area contributed by atoms with Crippen LogP contribution in [0.3, 0.4) is 0 Å². The number of benzene rings is 1. The first-order valence-corrected chi connectivity index (χ1v) is 11.0. The molecular formula is C18H29F3IN3O3S.